The van der Waals surface area contributed by atoms with Gasteiger partial charge in [-0.1, -0.05) is 6.92 Å². The number of hydrogen-bond acceptors (Lipinski definition) is 7. The van der Waals surface area contributed by atoms with E-state index < -0.39 is 48.4 Å². The molecule has 1 aliphatic carbocycles. The third-order valence-corrected chi connectivity index (χ3v) is 4.66. The molecule has 1 fully saturated rings. The molecule has 0 saturated heterocycles. The second kappa shape index (κ2) is 9.89. The van der Waals surface area contributed by atoms with Crippen molar-refractivity contribution in [2.45, 2.75) is 26.4 Å². The molecule has 0 aliphatic heterocycles. The van der Waals surface area contributed by atoms with Gasteiger partial charge >= 0.3 is 12.6 Å². The van der Waals surface area contributed by atoms with Crippen molar-refractivity contribution >= 4 is 23.3 Å². The van der Waals surface area contributed by atoms with Gasteiger partial charge in [-0.2, -0.15) is 8.78 Å². The highest BCUT2D eigenvalue weighted by atomic mass is 19.3. The molecule has 0 aromatic heterocycles. The molecule has 0 spiro atoms. The number of nitrogens with zero attached hydrogens (tertiary/aromatic N) is 1. The number of benzene rings is 1. The van der Waals surface area contributed by atoms with Gasteiger partial charge in [-0.15, -0.1) is 0 Å². The number of nitro groups is 1. The van der Waals surface area contributed by atoms with Crippen molar-refractivity contribution in [3.8, 4) is 5.75 Å². The number of carbonyl (C=O) groups excluding carboxylic acids is 3. The molecule has 0 bridgehead atoms. The number of halogens is 2. The van der Waals surface area contributed by atoms with Crippen LogP contribution in [0.1, 0.15) is 19.8 Å². The topological polar surface area (TPSA) is 125 Å². The number of ether oxygens (including phenoxy) is 2. The van der Waals surface area contributed by atoms with Crippen molar-refractivity contribution in [3.63, 3.8) is 0 Å². The molecule has 0 unspecified atom stereocenters. The van der Waals surface area contributed by atoms with Gasteiger partial charge in [0, 0.05) is 28.9 Å². The Bertz CT molecular complexity index is 770. The minimum atomic E-state index is -2.96. The predicted molar refractivity (Wildman–Crippen MR) is 94.9 cm³/mol. The first-order chi connectivity index (χ1) is 13.7. The Hall–Kier alpha value is -3.11. The van der Waals surface area contributed by atoms with Crippen LogP contribution in [0.3, 0.4) is 0 Å². The fraction of sp³-hybridized carbons (Fsp3) is 0.500. The van der Waals surface area contributed by atoms with Gasteiger partial charge in [0.2, 0.25) is 6.54 Å². The molecule has 29 heavy (non-hydrogen) atoms. The zero-order valence-corrected chi connectivity index (χ0v) is 15.5. The summed E-state index contributed by atoms with van der Waals surface area (Å²) < 4.78 is 33.2. The van der Waals surface area contributed by atoms with Crippen LogP contribution in [0.15, 0.2) is 24.3 Å². The van der Waals surface area contributed by atoms with Gasteiger partial charge in [-0.3, -0.25) is 24.5 Å². The zero-order valence-electron chi connectivity index (χ0n) is 15.5. The first kappa shape index (κ1) is 22.2. The van der Waals surface area contributed by atoms with Crippen molar-refractivity contribution in [3.05, 3.63) is 34.4 Å². The van der Waals surface area contributed by atoms with Crippen LogP contribution in [0.25, 0.3) is 0 Å². The van der Waals surface area contributed by atoms with Crippen LogP contribution in [0.4, 0.5) is 14.5 Å². The summed E-state index contributed by atoms with van der Waals surface area (Å²) >= 11 is 0. The van der Waals surface area contributed by atoms with Crippen molar-refractivity contribution in [1.82, 2.24) is 0 Å². The fourth-order valence-electron chi connectivity index (χ4n) is 3.30. The second-order valence-electron chi connectivity index (χ2n) is 6.75. The fourth-order valence-corrected chi connectivity index (χ4v) is 3.30. The van der Waals surface area contributed by atoms with Crippen LogP contribution >= 0.6 is 0 Å². The normalized spacial score (nSPS) is 21.1. The van der Waals surface area contributed by atoms with Gasteiger partial charge in [-0.25, -0.2) is 0 Å². The molecular formula is C18H20F2N2O7. The Balaban J connectivity index is 1.81. The van der Waals surface area contributed by atoms with E-state index in [1.165, 1.54) is 24.3 Å². The summed E-state index contributed by atoms with van der Waals surface area (Å²) in [7, 11) is 0. The summed E-state index contributed by atoms with van der Waals surface area (Å²) in [6.07, 6.45) is -0.156. The number of amides is 1. The SMILES string of the molecule is C[C@H]1CC(=O)[C@H](CC(=O)OCC(=O)Nc2ccc(OC(F)F)cc2)[C@@H]1C[N+](=O)[O-]. The maximum atomic E-state index is 12.1. The van der Waals surface area contributed by atoms with Crippen LogP contribution in [0, 0.1) is 27.9 Å². The Kier molecular flexibility index (Phi) is 7.57. The highest BCUT2D eigenvalue weighted by molar-refractivity contribution is 5.93. The number of anilines is 1. The van der Waals surface area contributed by atoms with Crippen molar-refractivity contribution in [2.75, 3.05) is 18.5 Å². The number of nitrogens with one attached hydrogen (secondary N) is 1. The van der Waals surface area contributed by atoms with Crippen molar-refractivity contribution < 1.29 is 37.6 Å². The zero-order chi connectivity index (χ0) is 21.6. The van der Waals surface area contributed by atoms with E-state index in [-0.39, 0.29) is 36.0 Å². The van der Waals surface area contributed by atoms with Crippen LogP contribution in [-0.2, 0) is 19.1 Å². The first-order valence-electron chi connectivity index (χ1n) is 8.80. The van der Waals surface area contributed by atoms with Gasteiger partial charge in [0.1, 0.15) is 11.5 Å². The molecule has 1 amide bonds. The average molecular weight is 414 g/mol. The molecule has 1 aromatic rings. The Morgan fingerprint density at radius 2 is 1.97 bits per heavy atom. The predicted octanol–water partition coefficient (Wildman–Crippen LogP) is 2.28. The first-order valence-corrected chi connectivity index (χ1v) is 8.80. The van der Waals surface area contributed by atoms with E-state index >= 15 is 0 Å². The maximum absolute atomic E-state index is 12.1. The summed E-state index contributed by atoms with van der Waals surface area (Å²) in [6.45, 7) is -2.27. The lowest BCUT2D eigenvalue weighted by atomic mass is 9.88. The average Bonchev–Trinajstić information content (AvgIpc) is 2.88. The Morgan fingerprint density at radius 3 is 2.55 bits per heavy atom. The van der Waals surface area contributed by atoms with Crippen LogP contribution in [-0.4, -0.2) is 42.3 Å². The molecule has 1 aliphatic rings. The Labute approximate surface area is 164 Å². The second-order valence-corrected chi connectivity index (χ2v) is 6.75. The minimum absolute atomic E-state index is 0.0795. The van der Waals surface area contributed by atoms with E-state index in [2.05, 4.69) is 10.1 Å². The monoisotopic (exact) mass is 414 g/mol. The van der Waals surface area contributed by atoms with Gasteiger partial charge in [0.15, 0.2) is 6.61 Å². The van der Waals surface area contributed by atoms with Gasteiger partial charge < -0.3 is 14.8 Å². The summed E-state index contributed by atoms with van der Waals surface area (Å²) in [6, 6.07) is 5.13. The number of esters is 1. The summed E-state index contributed by atoms with van der Waals surface area (Å²) in [4.78, 5) is 46.1. The van der Waals surface area contributed by atoms with Crippen LogP contribution in [0.5, 0.6) is 5.75 Å². The third kappa shape index (κ3) is 6.77. The number of alkyl halides is 2. The molecule has 1 N–H and O–H groups in total. The smallest absolute Gasteiger partial charge is 0.387 e. The van der Waals surface area contributed by atoms with Gasteiger partial charge in [-0.05, 0) is 30.2 Å². The highest BCUT2D eigenvalue weighted by Crippen LogP contribution is 2.36. The number of Topliss-reactive ketones (excluding diaryl/α,β-unsaturated/α-hetero) is 1. The lowest BCUT2D eigenvalue weighted by Crippen LogP contribution is -2.28. The van der Waals surface area contributed by atoms with Crippen molar-refractivity contribution in [2.24, 2.45) is 17.8 Å². The van der Waals surface area contributed by atoms with E-state index in [0.717, 1.165) is 0 Å². The summed E-state index contributed by atoms with van der Waals surface area (Å²) in [5, 5.41) is 13.2. The standard InChI is InChI=1S/C18H20F2N2O7/c1-10-6-15(23)13(14(10)8-22(26)27)7-17(25)28-9-16(24)21-11-2-4-12(5-3-11)29-18(19)20/h2-5,10,13-14,18H,6-9H2,1H3,(H,21,24)/t10-,13+,14+/m0/s1. The number of rotatable bonds is 9. The number of hydrogen-bond donors (Lipinski definition) is 1. The lowest BCUT2D eigenvalue weighted by molar-refractivity contribution is -0.490. The van der Waals surface area contributed by atoms with Crippen molar-refractivity contribution in [1.29, 1.82) is 0 Å². The van der Waals surface area contributed by atoms with Gasteiger partial charge in [0.05, 0.1) is 6.42 Å². The van der Waals surface area contributed by atoms with E-state index in [9.17, 15) is 33.3 Å². The third-order valence-electron chi connectivity index (χ3n) is 4.66. The van der Waals surface area contributed by atoms with Crippen LogP contribution in [0.2, 0.25) is 0 Å². The highest BCUT2D eigenvalue weighted by Gasteiger charge is 2.44. The molecule has 3 atom stereocenters. The molecule has 158 valence electrons. The molecule has 9 nitrogen and oxygen atoms in total. The van der Waals surface area contributed by atoms with E-state index in [1.807, 2.05) is 0 Å². The molecule has 0 heterocycles. The molecular weight excluding hydrogens is 394 g/mol. The minimum Gasteiger partial charge on any atom is -0.456 e. The van der Waals surface area contributed by atoms with E-state index in [1.54, 1.807) is 6.92 Å². The van der Waals surface area contributed by atoms with Gasteiger partial charge in [0.25, 0.3) is 5.91 Å². The number of ketones is 1. The summed E-state index contributed by atoms with van der Waals surface area (Å²) in [5.41, 5.74) is 0.276. The lowest BCUT2D eigenvalue weighted by Gasteiger charge is -2.17. The van der Waals surface area contributed by atoms with E-state index in [4.69, 9.17) is 4.74 Å². The molecule has 1 saturated carbocycles. The number of carbonyl (C=O) groups is 3. The quantitative estimate of drug-likeness (QED) is 0.373. The van der Waals surface area contributed by atoms with Crippen LogP contribution < -0.4 is 10.1 Å². The molecule has 11 heteroatoms. The molecule has 0 radical (unpaired) electrons. The molecule has 1 aromatic carbocycles. The molecule has 2 rings (SSSR count). The largest absolute Gasteiger partial charge is 0.456 e. The Morgan fingerprint density at radius 1 is 1.31 bits per heavy atom. The van der Waals surface area contributed by atoms with E-state index in [0.29, 0.717) is 0 Å². The summed E-state index contributed by atoms with van der Waals surface area (Å²) in [5.74, 6) is -3.33. The maximum Gasteiger partial charge on any atom is 0.387 e.